The SMILES string of the molecule is CCN(CC)CCCn1c(-c2ccc(CN)cc2)nc2ccccc21. The number of aromatic nitrogens is 2. The van der Waals surface area contributed by atoms with E-state index in [9.17, 15) is 0 Å². The molecule has 0 aliphatic heterocycles. The van der Waals surface area contributed by atoms with Crippen LogP contribution >= 0.6 is 0 Å². The molecule has 4 heteroatoms. The van der Waals surface area contributed by atoms with E-state index in [1.807, 2.05) is 0 Å². The third kappa shape index (κ3) is 3.91. The number of hydrogen-bond donors (Lipinski definition) is 1. The van der Waals surface area contributed by atoms with E-state index >= 15 is 0 Å². The number of rotatable bonds is 8. The fourth-order valence-corrected chi connectivity index (χ4v) is 3.30. The molecular weight excluding hydrogens is 308 g/mol. The summed E-state index contributed by atoms with van der Waals surface area (Å²) in [5.74, 6) is 1.05. The highest BCUT2D eigenvalue weighted by Gasteiger charge is 2.12. The lowest BCUT2D eigenvalue weighted by Crippen LogP contribution is -2.24. The first-order valence-electron chi connectivity index (χ1n) is 9.23. The van der Waals surface area contributed by atoms with E-state index in [4.69, 9.17) is 10.7 Å². The first-order valence-corrected chi connectivity index (χ1v) is 9.23. The summed E-state index contributed by atoms with van der Waals surface area (Å²) in [6.07, 6.45) is 1.12. The molecule has 132 valence electrons. The van der Waals surface area contributed by atoms with Gasteiger partial charge in [0, 0.05) is 18.7 Å². The zero-order valence-corrected chi connectivity index (χ0v) is 15.3. The number of nitrogens with zero attached hydrogens (tertiary/aromatic N) is 3. The zero-order valence-electron chi connectivity index (χ0n) is 15.3. The van der Waals surface area contributed by atoms with Crippen molar-refractivity contribution in [1.82, 2.24) is 14.5 Å². The summed E-state index contributed by atoms with van der Waals surface area (Å²) < 4.78 is 2.36. The molecule has 0 saturated heterocycles. The molecule has 25 heavy (non-hydrogen) atoms. The Labute approximate surface area is 150 Å². The van der Waals surface area contributed by atoms with Crippen LogP contribution in [0.15, 0.2) is 48.5 Å². The van der Waals surface area contributed by atoms with Crippen molar-refractivity contribution in [2.24, 2.45) is 5.73 Å². The number of benzene rings is 2. The Morgan fingerprint density at radius 1 is 1.00 bits per heavy atom. The molecule has 0 aliphatic rings. The zero-order chi connectivity index (χ0) is 17.6. The Balaban J connectivity index is 1.91. The van der Waals surface area contributed by atoms with Gasteiger partial charge in [0.15, 0.2) is 0 Å². The van der Waals surface area contributed by atoms with Crippen LogP contribution in [0.2, 0.25) is 0 Å². The molecule has 2 aromatic carbocycles. The molecule has 1 heterocycles. The van der Waals surface area contributed by atoms with Crippen molar-refractivity contribution in [2.75, 3.05) is 19.6 Å². The minimum absolute atomic E-state index is 0.570. The average Bonchev–Trinajstić information content (AvgIpc) is 3.04. The highest BCUT2D eigenvalue weighted by molar-refractivity contribution is 5.80. The minimum Gasteiger partial charge on any atom is -0.326 e. The van der Waals surface area contributed by atoms with Gasteiger partial charge in [0.05, 0.1) is 11.0 Å². The van der Waals surface area contributed by atoms with Crippen molar-refractivity contribution in [3.63, 3.8) is 0 Å². The van der Waals surface area contributed by atoms with Crippen molar-refractivity contribution in [2.45, 2.75) is 33.4 Å². The number of imidazole rings is 1. The highest BCUT2D eigenvalue weighted by atomic mass is 15.1. The molecule has 0 amide bonds. The molecule has 0 bridgehead atoms. The van der Waals surface area contributed by atoms with E-state index in [0.717, 1.165) is 55.1 Å². The van der Waals surface area contributed by atoms with Gasteiger partial charge in [-0.1, -0.05) is 50.2 Å². The molecule has 0 unspecified atom stereocenters. The van der Waals surface area contributed by atoms with E-state index in [1.165, 1.54) is 5.52 Å². The van der Waals surface area contributed by atoms with E-state index in [1.54, 1.807) is 0 Å². The molecule has 3 aromatic rings. The van der Waals surface area contributed by atoms with Crippen LogP contribution in [0.5, 0.6) is 0 Å². The summed E-state index contributed by atoms with van der Waals surface area (Å²) in [5, 5.41) is 0. The second-order valence-corrected chi connectivity index (χ2v) is 6.36. The number of para-hydroxylation sites is 2. The Hall–Kier alpha value is -2.17. The van der Waals surface area contributed by atoms with Crippen LogP contribution in [0.3, 0.4) is 0 Å². The van der Waals surface area contributed by atoms with Crippen LogP contribution in [-0.4, -0.2) is 34.1 Å². The largest absolute Gasteiger partial charge is 0.326 e. The molecule has 2 N–H and O–H groups in total. The third-order valence-corrected chi connectivity index (χ3v) is 4.85. The number of aryl methyl sites for hydroxylation is 1. The predicted molar refractivity (Wildman–Crippen MR) is 105 cm³/mol. The van der Waals surface area contributed by atoms with E-state index in [-0.39, 0.29) is 0 Å². The van der Waals surface area contributed by atoms with Gasteiger partial charge in [-0.15, -0.1) is 0 Å². The summed E-state index contributed by atoms with van der Waals surface area (Å²) >= 11 is 0. The quantitative estimate of drug-likeness (QED) is 0.679. The molecule has 0 atom stereocenters. The average molecular weight is 336 g/mol. The second-order valence-electron chi connectivity index (χ2n) is 6.36. The van der Waals surface area contributed by atoms with Crippen LogP contribution in [0.4, 0.5) is 0 Å². The number of nitrogens with two attached hydrogens (primary N) is 1. The van der Waals surface area contributed by atoms with Gasteiger partial charge in [0.2, 0.25) is 0 Å². The number of fused-ring (bicyclic) bond motifs is 1. The van der Waals surface area contributed by atoms with Gasteiger partial charge in [-0.3, -0.25) is 0 Å². The van der Waals surface area contributed by atoms with Crippen LogP contribution < -0.4 is 5.73 Å². The van der Waals surface area contributed by atoms with Gasteiger partial charge in [-0.05, 0) is 43.8 Å². The monoisotopic (exact) mass is 336 g/mol. The topological polar surface area (TPSA) is 47.1 Å². The van der Waals surface area contributed by atoms with Gasteiger partial charge in [-0.2, -0.15) is 0 Å². The normalized spacial score (nSPS) is 11.5. The molecular formula is C21H28N4. The molecule has 0 aliphatic carbocycles. The third-order valence-electron chi connectivity index (χ3n) is 4.85. The van der Waals surface area contributed by atoms with E-state index < -0.39 is 0 Å². The molecule has 0 radical (unpaired) electrons. The van der Waals surface area contributed by atoms with Gasteiger partial charge in [0.1, 0.15) is 5.82 Å². The Morgan fingerprint density at radius 2 is 1.72 bits per heavy atom. The van der Waals surface area contributed by atoms with E-state index in [0.29, 0.717) is 6.54 Å². The Kier molecular flexibility index (Phi) is 5.84. The smallest absolute Gasteiger partial charge is 0.141 e. The fourth-order valence-electron chi connectivity index (χ4n) is 3.30. The van der Waals surface area contributed by atoms with Gasteiger partial charge >= 0.3 is 0 Å². The lowest BCUT2D eigenvalue weighted by Gasteiger charge is -2.18. The lowest BCUT2D eigenvalue weighted by atomic mass is 10.1. The van der Waals surface area contributed by atoms with E-state index in [2.05, 4.69) is 71.8 Å². The van der Waals surface area contributed by atoms with Crippen molar-refractivity contribution in [1.29, 1.82) is 0 Å². The van der Waals surface area contributed by atoms with Crippen molar-refractivity contribution >= 4 is 11.0 Å². The first-order chi connectivity index (χ1) is 12.3. The molecule has 4 nitrogen and oxygen atoms in total. The van der Waals surface area contributed by atoms with Crippen molar-refractivity contribution in [3.8, 4) is 11.4 Å². The molecule has 0 spiro atoms. The predicted octanol–water partition coefficient (Wildman–Crippen LogP) is 3.89. The van der Waals surface area contributed by atoms with Crippen LogP contribution in [0.1, 0.15) is 25.8 Å². The van der Waals surface area contributed by atoms with Gasteiger partial charge in [0.25, 0.3) is 0 Å². The standard InChI is InChI=1S/C21H28N4/c1-3-24(4-2)14-7-15-25-20-9-6-5-8-19(20)23-21(25)18-12-10-17(16-22)11-13-18/h5-6,8-13H,3-4,7,14-16,22H2,1-2H3. The summed E-state index contributed by atoms with van der Waals surface area (Å²) in [7, 11) is 0. The molecule has 0 fully saturated rings. The maximum absolute atomic E-state index is 5.72. The summed E-state index contributed by atoms with van der Waals surface area (Å²) in [4.78, 5) is 7.36. The maximum atomic E-state index is 5.72. The fraction of sp³-hybridized carbons (Fsp3) is 0.381. The summed E-state index contributed by atoms with van der Waals surface area (Å²) in [6.45, 7) is 9.32. The molecule has 1 aromatic heterocycles. The number of hydrogen-bond acceptors (Lipinski definition) is 3. The van der Waals surface area contributed by atoms with Crippen molar-refractivity contribution < 1.29 is 0 Å². The van der Waals surface area contributed by atoms with Crippen LogP contribution in [0.25, 0.3) is 22.4 Å². The first kappa shape index (κ1) is 17.6. The summed E-state index contributed by atoms with van der Waals surface area (Å²) in [6, 6.07) is 16.8. The summed E-state index contributed by atoms with van der Waals surface area (Å²) in [5.41, 5.74) is 10.3. The Bertz CT molecular complexity index is 800. The lowest BCUT2D eigenvalue weighted by molar-refractivity contribution is 0.294. The van der Waals surface area contributed by atoms with Gasteiger partial charge < -0.3 is 15.2 Å². The Morgan fingerprint density at radius 3 is 2.40 bits per heavy atom. The molecule has 3 rings (SSSR count). The maximum Gasteiger partial charge on any atom is 0.141 e. The van der Waals surface area contributed by atoms with Gasteiger partial charge in [-0.25, -0.2) is 4.98 Å². The molecule has 0 saturated carbocycles. The van der Waals surface area contributed by atoms with Crippen LogP contribution in [0, 0.1) is 0 Å². The van der Waals surface area contributed by atoms with Crippen molar-refractivity contribution in [3.05, 3.63) is 54.1 Å². The minimum atomic E-state index is 0.570. The van der Waals surface area contributed by atoms with Crippen LogP contribution in [-0.2, 0) is 13.1 Å². The highest BCUT2D eigenvalue weighted by Crippen LogP contribution is 2.25. The second kappa shape index (κ2) is 8.28.